The van der Waals surface area contributed by atoms with E-state index < -0.39 is 34.7 Å². The number of hydrogen-bond donors (Lipinski definition) is 2. The van der Waals surface area contributed by atoms with Gasteiger partial charge < -0.3 is 24.7 Å². The highest BCUT2D eigenvalue weighted by Crippen LogP contribution is 2.49. The highest BCUT2D eigenvalue weighted by Gasteiger charge is 2.56. The van der Waals surface area contributed by atoms with E-state index in [0.29, 0.717) is 50.3 Å². The first-order valence-electron chi connectivity index (χ1n) is 15.1. The molecule has 2 aromatic carbocycles. The Labute approximate surface area is 253 Å². The molecule has 3 aliphatic heterocycles. The van der Waals surface area contributed by atoms with Crippen molar-refractivity contribution in [2.24, 2.45) is 5.92 Å². The van der Waals surface area contributed by atoms with E-state index >= 15 is 0 Å². The van der Waals surface area contributed by atoms with Crippen LogP contribution >= 0.6 is 0 Å². The Bertz CT molecular complexity index is 1450. The quantitative estimate of drug-likeness (QED) is 0.472. The summed E-state index contributed by atoms with van der Waals surface area (Å²) < 4.78 is 60.8. The number of halogens is 4. The summed E-state index contributed by atoms with van der Waals surface area (Å²) in [6.07, 6.45) is -1.69. The zero-order valence-electron chi connectivity index (χ0n) is 24.7. The molecule has 6 rings (SSSR count). The van der Waals surface area contributed by atoms with Crippen molar-refractivity contribution in [3.63, 3.8) is 0 Å². The number of rotatable bonds is 5. The normalized spacial score (nSPS) is 29.8. The number of hydrogen-bond acceptors (Lipinski definition) is 6. The lowest BCUT2D eigenvalue weighted by atomic mass is 9.82. The first-order valence-corrected chi connectivity index (χ1v) is 15.1. The minimum absolute atomic E-state index is 0.0184. The molecule has 12 heteroatoms. The number of fused-ring (bicyclic) bond motifs is 1. The van der Waals surface area contributed by atoms with Crippen LogP contribution in [-0.4, -0.2) is 82.4 Å². The smallest absolute Gasteiger partial charge is 0.416 e. The third kappa shape index (κ3) is 5.56. The number of carboxylic acid groups (broad SMARTS) is 1. The number of β-amino-alcohol motifs (C(OH)–C–C–N with tert-alkyl or cyclic N) is 1. The number of aliphatic hydroxyl groups is 1. The van der Waals surface area contributed by atoms with E-state index in [1.54, 1.807) is 6.07 Å². The van der Waals surface area contributed by atoms with E-state index in [0.717, 1.165) is 25.0 Å². The first-order chi connectivity index (χ1) is 20.7. The van der Waals surface area contributed by atoms with Crippen LogP contribution in [0.25, 0.3) is 0 Å². The van der Waals surface area contributed by atoms with Gasteiger partial charge >= 0.3 is 12.1 Å². The van der Waals surface area contributed by atoms with Crippen molar-refractivity contribution in [3.05, 3.63) is 64.5 Å². The lowest BCUT2D eigenvalue weighted by Gasteiger charge is -2.49. The van der Waals surface area contributed by atoms with Crippen LogP contribution in [0.4, 0.5) is 23.2 Å². The van der Waals surface area contributed by atoms with Crippen molar-refractivity contribution < 1.29 is 42.1 Å². The maximum Gasteiger partial charge on any atom is 0.416 e. The molecule has 1 aliphatic carbocycles. The number of carbonyl (C=O) groups excluding carboxylic acids is 1. The predicted octanol–water partition coefficient (Wildman–Crippen LogP) is 4.63. The zero-order valence-corrected chi connectivity index (χ0v) is 24.7. The molecule has 4 aliphatic rings. The molecule has 0 bridgehead atoms. The first kappa shape index (κ1) is 30.8. The molecule has 0 spiro atoms. The second-order valence-corrected chi connectivity index (χ2v) is 13.0. The van der Waals surface area contributed by atoms with Crippen LogP contribution in [0.5, 0.6) is 0 Å². The standard InChI is InChI=1S/C32H37F4N3O5/c1-19-15-37(11-12-39(19)23-6-8-27(33)25(14-23)28(40)41)24-9-10-31(44-17-24,21-3-4-21)29(42)38-16-20-13-22(32(34,35)36)5-7-26(20)30(2,43)18-38/h5-8,13-14,19,21,24,43H,3-4,9-12,15-18H2,1-2H3,(H,40,41)/t19-,24+,30+,31-/m0/s1. The van der Waals surface area contributed by atoms with Crippen molar-refractivity contribution in [1.29, 1.82) is 0 Å². The fourth-order valence-electron chi connectivity index (χ4n) is 7.40. The van der Waals surface area contributed by atoms with Gasteiger partial charge in [-0.25, -0.2) is 9.18 Å². The molecule has 0 radical (unpaired) electrons. The minimum Gasteiger partial charge on any atom is -0.478 e. The Morgan fingerprint density at radius 2 is 1.82 bits per heavy atom. The maximum absolute atomic E-state index is 14.1. The number of nitrogens with zero attached hydrogens (tertiary/aromatic N) is 3. The number of benzene rings is 2. The Morgan fingerprint density at radius 1 is 1.07 bits per heavy atom. The average Bonchev–Trinajstić information content (AvgIpc) is 3.82. The molecule has 8 nitrogen and oxygen atoms in total. The molecule has 1 saturated carbocycles. The lowest BCUT2D eigenvalue weighted by Crippen LogP contribution is -2.62. The number of amides is 1. The monoisotopic (exact) mass is 619 g/mol. The number of piperazine rings is 1. The Hall–Kier alpha value is -3.22. The van der Waals surface area contributed by atoms with Crippen molar-refractivity contribution in [1.82, 2.24) is 9.80 Å². The van der Waals surface area contributed by atoms with Gasteiger partial charge in [-0.3, -0.25) is 9.69 Å². The fraction of sp³-hybridized carbons (Fsp3) is 0.562. The predicted molar refractivity (Wildman–Crippen MR) is 153 cm³/mol. The Kier molecular flexibility index (Phi) is 7.69. The third-order valence-electron chi connectivity index (χ3n) is 9.83. The van der Waals surface area contributed by atoms with Crippen LogP contribution in [0.15, 0.2) is 36.4 Å². The number of ether oxygens (including phenoxy) is 1. The highest BCUT2D eigenvalue weighted by molar-refractivity contribution is 5.89. The van der Waals surface area contributed by atoms with Gasteiger partial charge in [0, 0.05) is 44.0 Å². The van der Waals surface area contributed by atoms with Crippen LogP contribution in [0.3, 0.4) is 0 Å². The van der Waals surface area contributed by atoms with E-state index in [2.05, 4.69) is 9.80 Å². The van der Waals surface area contributed by atoms with Crippen LogP contribution in [0.1, 0.15) is 66.6 Å². The maximum atomic E-state index is 14.1. The molecule has 3 heterocycles. The van der Waals surface area contributed by atoms with Crippen molar-refractivity contribution >= 4 is 17.6 Å². The summed E-state index contributed by atoms with van der Waals surface area (Å²) in [7, 11) is 0. The van der Waals surface area contributed by atoms with E-state index in [1.807, 2.05) is 6.92 Å². The Morgan fingerprint density at radius 3 is 2.43 bits per heavy atom. The molecule has 2 N–H and O–H groups in total. The largest absolute Gasteiger partial charge is 0.478 e. The molecule has 2 saturated heterocycles. The second kappa shape index (κ2) is 11.0. The molecule has 4 atom stereocenters. The summed E-state index contributed by atoms with van der Waals surface area (Å²) in [4.78, 5) is 31.4. The third-order valence-corrected chi connectivity index (χ3v) is 9.83. The van der Waals surface area contributed by atoms with Gasteiger partial charge in [0.25, 0.3) is 5.91 Å². The van der Waals surface area contributed by atoms with Crippen molar-refractivity contribution in [3.8, 4) is 0 Å². The Balaban J connectivity index is 1.14. The van der Waals surface area contributed by atoms with Crippen LogP contribution in [0.2, 0.25) is 0 Å². The topological polar surface area (TPSA) is 93.6 Å². The van der Waals surface area contributed by atoms with Gasteiger partial charge in [-0.15, -0.1) is 0 Å². The van der Waals surface area contributed by atoms with Crippen LogP contribution in [0, 0.1) is 11.7 Å². The number of carbonyl (C=O) groups is 2. The fourth-order valence-corrected chi connectivity index (χ4v) is 7.40. The summed E-state index contributed by atoms with van der Waals surface area (Å²) >= 11 is 0. The molecule has 44 heavy (non-hydrogen) atoms. The van der Waals surface area contributed by atoms with Gasteiger partial charge in [0.15, 0.2) is 0 Å². The van der Waals surface area contributed by atoms with E-state index in [1.165, 1.54) is 30.0 Å². The zero-order chi connectivity index (χ0) is 31.6. The number of anilines is 1. The van der Waals surface area contributed by atoms with Crippen LogP contribution < -0.4 is 4.90 Å². The number of carboxylic acids is 1. The van der Waals surface area contributed by atoms with Gasteiger partial charge in [0.1, 0.15) is 17.0 Å². The summed E-state index contributed by atoms with van der Waals surface area (Å²) in [5.41, 5.74) is -2.42. The molecule has 0 unspecified atom stereocenters. The van der Waals surface area contributed by atoms with E-state index in [-0.39, 0.29) is 48.1 Å². The minimum atomic E-state index is -4.53. The second-order valence-electron chi connectivity index (χ2n) is 13.0. The average molecular weight is 620 g/mol. The summed E-state index contributed by atoms with van der Waals surface area (Å²) in [6, 6.07) is 7.51. The van der Waals surface area contributed by atoms with E-state index in [4.69, 9.17) is 4.74 Å². The number of alkyl halides is 3. The molecule has 3 fully saturated rings. The van der Waals surface area contributed by atoms with Crippen molar-refractivity contribution in [2.45, 2.75) is 75.5 Å². The molecule has 0 aromatic heterocycles. The number of aromatic carboxylic acids is 1. The molecule has 238 valence electrons. The molecule has 1 amide bonds. The summed E-state index contributed by atoms with van der Waals surface area (Å²) in [5.74, 6) is -2.33. The van der Waals surface area contributed by atoms with Gasteiger partial charge in [0.05, 0.1) is 24.3 Å². The molecular weight excluding hydrogens is 582 g/mol. The van der Waals surface area contributed by atoms with Gasteiger partial charge in [-0.2, -0.15) is 13.2 Å². The molecule has 2 aromatic rings. The lowest BCUT2D eigenvalue weighted by molar-refractivity contribution is -0.180. The van der Waals surface area contributed by atoms with Crippen molar-refractivity contribution in [2.75, 3.05) is 37.7 Å². The summed E-state index contributed by atoms with van der Waals surface area (Å²) in [5, 5.41) is 20.5. The van der Waals surface area contributed by atoms with Crippen LogP contribution in [-0.2, 0) is 27.9 Å². The molecular formula is C32H37F4N3O5. The highest BCUT2D eigenvalue weighted by atomic mass is 19.4. The SMILES string of the molecule is C[C@H]1CN([C@@H]2CC[C@@](C(=O)N3Cc4cc(C(F)(F)F)ccc4[C@](C)(O)C3)(C3CC3)OC2)CCN1c1ccc(F)c(C(=O)O)c1. The van der Waals surface area contributed by atoms with Gasteiger partial charge in [0.2, 0.25) is 0 Å². The van der Waals surface area contributed by atoms with E-state index in [9.17, 15) is 37.4 Å². The van der Waals surface area contributed by atoms with Gasteiger partial charge in [-0.1, -0.05) is 6.07 Å². The summed E-state index contributed by atoms with van der Waals surface area (Å²) in [6.45, 7) is 5.78. The van der Waals surface area contributed by atoms with Gasteiger partial charge in [-0.05, 0) is 86.9 Å².